The summed E-state index contributed by atoms with van der Waals surface area (Å²) in [6, 6.07) is 5.59. The Bertz CT molecular complexity index is 887. The van der Waals surface area contributed by atoms with Gasteiger partial charge in [-0.3, -0.25) is 0 Å². The third-order valence-electron chi connectivity index (χ3n) is 4.92. The number of methoxy groups -OCH3 is 2. The number of hydrazone groups is 1. The molecule has 0 atom stereocenters. The number of hydrogen-bond acceptors (Lipinski definition) is 9. The topological polar surface area (TPSA) is 81.1 Å². The zero-order chi connectivity index (χ0) is 20.1. The van der Waals surface area contributed by atoms with Gasteiger partial charge in [-0.2, -0.15) is 21.8 Å². The molecule has 0 aliphatic carbocycles. The predicted molar refractivity (Wildman–Crippen MR) is 116 cm³/mol. The molecule has 1 fully saturated rings. The lowest BCUT2D eigenvalue weighted by atomic mass is 10.1. The van der Waals surface area contributed by atoms with Crippen LogP contribution in [0.3, 0.4) is 0 Å². The van der Waals surface area contributed by atoms with E-state index in [0.717, 1.165) is 67.1 Å². The lowest BCUT2D eigenvalue weighted by molar-refractivity contribution is 0.122. The van der Waals surface area contributed by atoms with Crippen molar-refractivity contribution >= 4 is 29.7 Å². The Morgan fingerprint density at radius 1 is 1.21 bits per heavy atom. The summed E-state index contributed by atoms with van der Waals surface area (Å²) in [4.78, 5) is 11.8. The smallest absolute Gasteiger partial charge is 0.245 e. The maximum absolute atomic E-state index is 5.50. The number of aromatic nitrogens is 2. The molecule has 1 N–H and O–H groups in total. The highest BCUT2D eigenvalue weighted by atomic mass is 32.2. The van der Waals surface area contributed by atoms with Crippen LogP contribution in [-0.4, -0.2) is 62.5 Å². The first kappa shape index (κ1) is 19.8. The van der Waals surface area contributed by atoms with E-state index in [1.165, 1.54) is 5.56 Å². The fourth-order valence-electron chi connectivity index (χ4n) is 3.39. The minimum Gasteiger partial charge on any atom is -0.497 e. The Kier molecular flexibility index (Phi) is 6.36. The van der Waals surface area contributed by atoms with E-state index in [4.69, 9.17) is 24.2 Å². The molecule has 0 unspecified atom stereocenters. The van der Waals surface area contributed by atoms with Gasteiger partial charge >= 0.3 is 0 Å². The summed E-state index contributed by atoms with van der Waals surface area (Å²) in [6.45, 7) is 3.15. The summed E-state index contributed by atoms with van der Waals surface area (Å²) >= 11 is 1.93. The van der Waals surface area contributed by atoms with Crippen molar-refractivity contribution in [3.05, 3.63) is 35.0 Å². The van der Waals surface area contributed by atoms with Crippen molar-refractivity contribution in [3.8, 4) is 11.5 Å². The summed E-state index contributed by atoms with van der Waals surface area (Å²) in [5.41, 5.74) is 6.19. The van der Waals surface area contributed by atoms with Crippen molar-refractivity contribution in [2.75, 3.05) is 56.6 Å². The fourth-order valence-corrected chi connectivity index (χ4v) is 4.37. The van der Waals surface area contributed by atoms with Crippen LogP contribution in [0.2, 0.25) is 0 Å². The second-order valence-corrected chi connectivity index (χ2v) is 7.78. The van der Waals surface area contributed by atoms with Gasteiger partial charge in [0.1, 0.15) is 17.3 Å². The quantitative estimate of drug-likeness (QED) is 0.570. The van der Waals surface area contributed by atoms with Crippen molar-refractivity contribution in [1.82, 2.24) is 9.97 Å². The number of anilines is 2. The Labute approximate surface area is 174 Å². The number of thioether (sulfide) groups is 1. The van der Waals surface area contributed by atoms with E-state index >= 15 is 0 Å². The van der Waals surface area contributed by atoms with E-state index in [1.807, 2.05) is 30.0 Å². The van der Waals surface area contributed by atoms with Crippen LogP contribution in [0.1, 0.15) is 16.8 Å². The summed E-state index contributed by atoms with van der Waals surface area (Å²) in [5, 5.41) is 4.34. The largest absolute Gasteiger partial charge is 0.497 e. The minimum atomic E-state index is 0.515. The SMILES string of the molecule is COc1ccc(/C=N/Nc2nc3c(c(N4CCOCC4)n2)CSCC3)c(OC)c1. The van der Waals surface area contributed by atoms with E-state index in [2.05, 4.69) is 15.4 Å². The monoisotopic (exact) mass is 415 g/mol. The molecule has 29 heavy (non-hydrogen) atoms. The van der Waals surface area contributed by atoms with E-state index in [-0.39, 0.29) is 0 Å². The number of morpholine rings is 1. The molecular weight excluding hydrogens is 390 g/mol. The summed E-state index contributed by atoms with van der Waals surface area (Å²) in [5.74, 6) is 4.98. The highest BCUT2D eigenvalue weighted by Gasteiger charge is 2.23. The van der Waals surface area contributed by atoms with Gasteiger partial charge < -0.3 is 19.1 Å². The summed E-state index contributed by atoms with van der Waals surface area (Å²) in [7, 11) is 3.25. The van der Waals surface area contributed by atoms with Gasteiger partial charge in [-0.25, -0.2) is 10.4 Å². The molecule has 3 heterocycles. The molecule has 2 aromatic rings. The first-order chi connectivity index (χ1) is 14.3. The summed E-state index contributed by atoms with van der Waals surface area (Å²) in [6.07, 6.45) is 2.65. The molecule has 8 nitrogen and oxygen atoms in total. The van der Waals surface area contributed by atoms with Crippen LogP contribution in [0.4, 0.5) is 11.8 Å². The molecule has 1 saturated heterocycles. The molecule has 2 aliphatic heterocycles. The standard InChI is InChI=1S/C20H25N5O3S/c1-26-15-4-3-14(18(11-15)27-2)12-21-24-20-22-17-5-10-29-13-16(17)19(23-20)25-6-8-28-9-7-25/h3-4,11-12H,5-10,13H2,1-2H3,(H,22,23,24)/b21-12+. The number of aryl methyl sites for hydroxylation is 1. The van der Waals surface area contributed by atoms with E-state index < -0.39 is 0 Å². The van der Waals surface area contributed by atoms with E-state index in [1.54, 1.807) is 20.4 Å². The molecule has 0 saturated carbocycles. The number of rotatable bonds is 6. The first-order valence-corrected chi connectivity index (χ1v) is 10.8. The van der Waals surface area contributed by atoms with Gasteiger partial charge in [0.2, 0.25) is 5.95 Å². The van der Waals surface area contributed by atoms with Crippen LogP contribution >= 0.6 is 11.8 Å². The fraction of sp³-hybridized carbons (Fsp3) is 0.450. The zero-order valence-electron chi connectivity index (χ0n) is 16.7. The van der Waals surface area contributed by atoms with Gasteiger partial charge in [-0.15, -0.1) is 0 Å². The maximum atomic E-state index is 5.50. The Balaban J connectivity index is 1.56. The molecular formula is C20H25N5O3S. The Morgan fingerprint density at radius 2 is 2.07 bits per heavy atom. The van der Waals surface area contributed by atoms with Crippen LogP contribution in [0, 0.1) is 0 Å². The number of hydrogen-bond donors (Lipinski definition) is 1. The first-order valence-electron chi connectivity index (χ1n) is 9.60. The van der Waals surface area contributed by atoms with Gasteiger partial charge in [0, 0.05) is 36.0 Å². The third kappa shape index (κ3) is 4.56. The van der Waals surface area contributed by atoms with Crippen LogP contribution in [0.15, 0.2) is 23.3 Å². The predicted octanol–water partition coefficient (Wildman–Crippen LogP) is 2.57. The van der Waals surface area contributed by atoms with Crippen LogP contribution in [0.5, 0.6) is 11.5 Å². The van der Waals surface area contributed by atoms with Crippen LogP contribution in [0.25, 0.3) is 0 Å². The second-order valence-electron chi connectivity index (χ2n) is 6.68. The average molecular weight is 416 g/mol. The maximum Gasteiger partial charge on any atom is 0.245 e. The molecule has 0 bridgehead atoms. The molecule has 0 radical (unpaired) electrons. The van der Waals surface area contributed by atoms with Gasteiger partial charge in [-0.1, -0.05) is 0 Å². The van der Waals surface area contributed by atoms with Crippen molar-refractivity contribution < 1.29 is 14.2 Å². The molecule has 2 aliphatic rings. The number of nitrogens with zero attached hydrogens (tertiary/aromatic N) is 4. The highest BCUT2D eigenvalue weighted by Crippen LogP contribution is 2.32. The van der Waals surface area contributed by atoms with E-state index in [0.29, 0.717) is 11.7 Å². The van der Waals surface area contributed by atoms with Crippen LogP contribution in [-0.2, 0) is 16.9 Å². The van der Waals surface area contributed by atoms with Crippen molar-refractivity contribution in [2.24, 2.45) is 5.10 Å². The Hall–Kier alpha value is -2.52. The zero-order valence-corrected chi connectivity index (χ0v) is 17.5. The highest BCUT2D eigenvalue weighted by molar-refractivity contribution is 7.98. The van der Waals surface area contributed by atoms with Crippen molar-refractivity contribution in [1.29, 1.82) is 0 Å². The van der Waals surface area contributed by atoms with Gasteiger partial charge in [0.05, 0.1) is 39.3 Å². The molecule has 1 aromatic heterocycles. The molecule has 9 heteroatoms. The summed E-state index contributed by atoms with van der Waals surface area (Å²) < 4.78 is 16.1. The number of nitrogens with one attached hydrogen (secondary N) is 1. The average Bonchev–Trinajstić information content (AvgIpc) is 2.79. The van der Waals surface area contributed by atoms with Crippen LogP contribution < -0.4 is 19.8 Å². The van der Waals surface area contributed by atoms with Gasteiger partial charge in [0.25, 0.3) is 0 Å². The van der Waals surface area contributed by atoms with Gasteiger partial charge in [-0.05, 0) is 24.3 Å². The van der Waals surface area contributed by atoms with E-state index in [9.17, 15) is 0 Å². The molecule has 4 rings (SSSR count). The lowest BCUT2D eigenvalue weighted by Gasteiger charge is -2.31. The number of fused-ring (bicyclic) bond motifs is 1. The lowest BCUT2D eigenvalue weighted by Crippen LogP contribution is -2.38. The molecule has 1 aromatic carbocycles. The molecule has 0 amide bonds. The molecule has 154 valence electrons. The Morgan fingerprint density at radius 3 is 2.86 bits per heavy atom. The van der Waals surface area contributed by atoms with Crippen molar-refractivity contribution in [3.63, 3.8) is 0 Å². The third-order valence-corrected chi connectivity index (χ3v) is 5.91. The van der Waals surface area contributed by atoms with Crippen molar-refractivity contribution in [2.45, 2.75) is 12.2 Å². The second kappa shape index (κ2) is 9.32. The normalized spacial score (nSPS) is 16.6. The minimum absolute atomic E-state index is 0.515. The van der Waals surface area contributed by atoms with Gasteiger partial charge in [0.15, 0.2) is 0 Å². The molecule has 0 spiro atoms. The number of ether oxygens (including phenoxy) is 3. The number of benzene rings is 1.